The highest BCUT2D eigenvalue weighted by molar-refractivity contribution is 6.32. The molecule has 0 spiro atoms. The number of benzene rings is 2. The van der Waals surface area contributed by atoms with Gasteiger partial charge in [-0.3, -0.25) is 4.57 Å². The van der Waals surface area contributed by atoms with E-state index in [2.05, 4.69) is 73.6 Å². The van der Waals surface area contributed by atoms with Crippen LogP contribution in [0.2, 0.25) is 5.15 Å². The second-order valence-electron chi connectivity index (χ2n) is 9.53. The molecule has 0 aliphatic carbocycles. The van der Waals surface area contributed by atoms with Gasteiger partial charge in [0.1, 0.15) is 11.5 Å². The van der Waals surface area contributed by atoms with Crippen molar-refractivity contribution in [1.29, 1.82) is 5.26 Å². The minimum Gasteiger partial charge on any atom is -0.371 e. The summed E-state index contributed by atoms with van der Waals surface area (Å²) in [5.41, 5.74) is 6.95. The molecule has 4 aromatic rings. The van der Waals surface area contributed by atoms with Crippen molar-refractivity contribution < 1.29 is 0 Å². The van der Waals surface area contributed by atoms with Gasteiger partial charge in [-0.15, -0.1) is 10.2 Å². The Hall–Kier alpha value is -3.60. The molecule has 1 saturated heterocycles. The van der Waals surface area contributed by atoms with E-state index in [1.165, 1.54) is 24.1 Å². The zero-order valence-corrected chi connectivity index (χ0v) is 20.6. The van der Waals surface area contributed by atoms with Crippen LogP contribution >= 0.6 is 11.6 Å². The number of aromatic nitrogens is 4. The molecule has 35 heavy (non-hydrogen) atoms. The first-order valence-corrected chi connectivity index (χ1v) is 12.3. The van der Waals surface area contributed by atoms with Crippen LogP contribution in [0.3, 0.4) is 0 Å². The predicted molar refractivity (Wildman–Crippen MR) is 138 cm³/mol. The van der Waals surface area contributed by atoms with E-state index < -0.39 is 0 Å². The number of rotatable bonds is 3. The van der Waals surface area contributed by atoms with Crippen LogP contribution in [0.1, 0.15) is 24.0 Å². The SMILES string of the molecule is CN(C)C1CCN(c2ccc3c(c2)Cn2c(cc(-c4ccc(C#N)cc4)c2Cl)-c2nncn2-3)CC1. The molecule has 2 aromatic heterocycles. The Balaban J connectivity index is 1.40. The zero-order chi connectivity index (χ0) is 24.1. The highest BCUT2D eigenvalue weighted by Gasteiger charge is 2.27. The van der Waals surface area contributed by atoms with Crippen LogP contribution in [-0.2, 0) is 6.54 Å². The van der Waals surface area contributed by atoms with Gasteiger partial charge in [-0.1, -0.05) is 23.7 Å². The summed E-state index contributed by atoms with van der Waals surface area (Å²) in [6.07, 6.45) is 4.11. The Morgan fingerprint density at radius 2 is 1.83 bits per heavy atom. The van der Waals surface area contributed by atoms with Gasteiger partial charge in [0.25, 0.3) is 0 Å². The first kappa shape index (κ1) is 21.9. The van der Waals surface area contributed by atoms with Crippen LogP contribution in [0.15, 0.2) is 54.9 Å². The summed E-state index contributed by atoms with van der Waals surface area (Å²) in [5, 5.41) is 18.5. The summed E-state index contributed by atoms with van der Waals surface area (Å²) in [6.45, 7) is 2.75. The molecule has 0 bridgehead atoms. The maximum Gasteiger partial charge on any atom is 0.185 e. The highest BCUT2D eigenvalue weighted by atomic mass is 35.5. The van der Waals surface area contributed by atoms with Crippen LogP contribution in [-0.4, -0.2) is 57.5 Å². The fraction of sp³-hybridized carbons (Fsp3) is 0.296. The van der Waals surface area contributed by atoms with Crippen molar-refractivity contribution in [2.75, 3.05) is 32.1 Å². The van der Waals surface area contributed by atoms with Crippen LogP contribution in [0, 0.1) is 11.3 Å². The first-order valence-electron chi connectivity index (χ1n) is 11.9. The van der Waals surface area contributed by atoms with Crippen molar-refractivity contribution in [2.45, 2.75) is 25.4 Å². The van der Waals surface area contributed by atoms with Gasteiger partial charge in [0.2, 0.25) is 0 Å². The molecule has 0 N–H and O–H groups in total. The molecule has 0 amide bonds. The maximum absolute atomic E-state index is 9.15. The molecule has 6 rings (SSSR count). The average Bonchev–Trinajstić information content (AvgIpc) is 3.46. The Morgan fingerprint density at radius 3 is 2.54 bits per heavy atom. The molecule has 176 valence electrons. The summed E-state index contributed by atoms with van der Waals surface area (Å²) >= 11 is 6.98. The van der Waals surface area contributed by atoms with Gasteiger partial charge in [-0.2, -0.15) is 5.26 Å². The Bertz CT molecular complexity index is 1430. The third-order valence-electron chi connectivity index (χ3n) is 7.34. The van der Waals surface area contributed by atoms with Crippen LogP contribution in [0.4, 0.5) is 5.69 Å². The molecule has 1 fully saturated rings. The Labute approximate surface area is 209 Å². The van der Waals surface area contributed by atoms with Crippen molar-refractivity contribution in [3.63, 3.8) is 0 Å². The van der Waals surface area contributed by atoms with Crippen molar-refractivity contribution in [3.8, 4) is 34.4 Å². The van der Waals surface area contributed by atoms with Crippen molar-refractivity contribution in [2.24, 2.45) is 0 Å². The smallest absolute Gasteiger partial charge is 0.185 e. The fourth-order valence-corrected chi connectivity index (χ4v) is 5.63. The molecular formula is C27H26ClN7. The Kier molecular flexibility index (Phi) is 5.36. The molecule has 0 radical (unpaired) electrons. The predicted octanol–water partition coefficient (Wildman–Crippen LogP) is 4.82. The van der Waals surface area contributed by atoms with Gasteiger partial charge in [0.05, 0.1) is 29.6 Å². The zero-order valence-electron chi connectivity index (χ0n) is 19.8. The minimum atomic E-state index is 0.626. The topological polar surface area (TPSA) is 65.9 Å². The van der Waals surface area contributed by atoms with E-state index in [4.69, 9.17) is 16.9 Å². The molecule has 7 nitrogen and oxygen atoms in total. The van der Waals surface area contributed by atoms with E-state index >= 15 is 0 Å². The fourth-order valence-electron chi connectivity index (χ4n) is 5.32. The number of anilines is 1. The lowest BCUT2D eigenvalue weighted by molar-refractivity contribution is 0.249. The second kappa shape index (κ2) is 8.56. The van der Waals surface area contributed by atoms with Gasteiger partial charge >= 0.3 is 0 Å². The van der Waals surface area contributed by atoms with Gasteiger partial charge in [0.15, 0.2) is 5.82 Å². The standard InChI is InChI=1S/C27H26ClN7/c1-32(2)21-9-11-33(12-10-21)22-7-8-24-20(13-22)16-34-25(27-31-30-17-35(24)27)14-23(26(34)28)19-5-3-18(15-29)4-6-19/h3-8,13-14,17,21H,9-12,16H2,1-2H3. The number of nitriles is 1. The largest absolute Gasteiger partial charge is 0.371 e. The summed E-state index contributed by atoms with van der Waals surface area (Å²) in [7, 11) is 4.34. The second-order valence-corrected chi connectivity index (χ2v) is 9.89. The number of piperidine rings is 1. The number of hydrogen-bond donors (Lipinski definition) is 0. The molecule has 0 atom stereocenters. The molecule has 2 aromatic carbocycles. The van der Waals surface area contributed by atoms with E-state index in [-0.39, 0.29) is 0 Å². The van der Waals surface area contributed by atoms with E-state index in [1.54, 1.807) is 6.33 Å². The van der Waals surface area contributed by atoms with Crippen molar-refractivity contribution in [3.05, 3.63) is 71.1 Å². The maximum atomic E-state index is 9.15. The third kappa shape index (κ3) is 3.70. The van der Waals surface area contributed by atoms with Crippen molar-refractivity contribution in [1.82, 2.24) is 24.2 Å². The molecule has 0 unspecified atom stereocenters. The van der Waals surface area contributed by atoms with E-state index in [0.717, 1.165) is 41.4 Å². The third-order valence-corrected chi connectivity index (χ3v) is 7.75. The van der Waals surface area contributed by atoms with E-state index in [9.17, 15) is 0 Å². The first-order chi connectivity index (χ1) is 17.0. The summed E-state index contributed by atoms with van der Waals surface area (Å²) in [5.74, 6) is 0.769. The summed E-state index contributed by atoms with van der Waals surface area (Å²) in [6, 6.07) is 19.1. The minimum absolute atomic E-state index is 0.626. The van der Waals surface area contributed by atoms with Gasteiger partial charge in [0, 0.05) is 30.4 Å². The molecule has 8 heteroatoms. The molecule has 2 aliphatic heterocycles. The molecule has 2 aliphatic rings. The highest BCUT2D eigenvalue weighted by Crippen LogP contribution is 2.40. The summed E-state index contributed by atoms with van der Waals surface area (Å²) in [4.78, 5) is 4.82. The lowest BCUT2D eigenvalue weighted by Gasteiger charge is -2.36. The van der Waals surface area contributed by atoms with Gasteiger partial charge in [-0.25, -0.2) is 0 Å². The number of hydrogen-bond acceptors (Lipinski definition) is 5. The normalized spacial score (nSPS) is 15.3. The number of nitrogens with zero attached hydrogens (tertiary/aromatic N) is 7. The van der Waals surface area contributed by atoms with Crippen LogP contribution in [0.25, 0.3) is 28.3 Å². The molecule has 4 heterocycles. The van der Waals surface area contributed by atoms with E-state index in [1.807, 2.05) is 24.3 Å². The van der Waals surface area contributed by atoms with Gasteiger partial charge < -0.3 is 14.4 Å². The van der Waals surface area contributed by atoms with Crippen LogP contribution < -0.4 is 4.90 Å². The van der Waals surface area contributed by atoms with Crippen molar-refractivity contribution >= 4 is 17.3 Å². The quantitative estimate of drug-likeness (QED) is 0.368. The Morgan fingerprint density at radius 1 is 1.06 bits per heavy atom. The van der Waals surface area contributed by atoms with Gasteiger partial charge in [-0.05, 0) is 74.5 Å². The summed E-state index contributed by atoms with van der Waals surface area (Å²) < 4.78 is 4.17. The van der Waals surface area contributed by atoms with Crippen LogP contribution in [0.5, 0.6) is 0 Å². The molecule has 0 saturated carbocycles. The number of halogens is 1. The average molecular weight is 484 g/mol. The number of fused-ring (bicyclic) bond motifs is 5. The monoisotopic (exact) mass is 483 g/mol. The molecular weight excluding hydrogens is 458 g/mol. The van der Waals surface area contributed by atoms with E-state index in [0.29, 0.717) is 23.3 Å². The lowest BCUT2D eigenvalue weighted by atomic mass is 10.0. The lowest BCUT2D eigenvalue weighted by Crippen LogP contribution is -2.42.